The maximum absolute atomic E-state index is 5.45. The van der Waals surface area contributed by atoms with Crippen LogP contribution in [0, 0.1) is 20.8 Å². The third-order valence-electron chi connectivity index (χ3n) is 2.16. The van der Waals surface area contributed by atoms with Crippen molar-refractivity contribution in [2.24, 2.45) is 0 Å². The first-order valence-corrected chi connectivity index (χ1v) is 5.15. The van der Waals surface area contributed by atoms with Gasteiger partial charge >= 0.3 is 0 Å². The Bertz CT molecular complexity index is 319. The van der Waals surface area contributed by atoms with E-state index in [2.05, 4.69) is 38.2 Å². The summed E-state index contributed by atoms with van der Waals surface area (Å²) in [6.07, 6.45) is 1.89. The average Bonchev–Trinajstić information content (AvgIpc) is 2.09. The molecule has 2 heteroatoms. The molecule has 0 atom stereocenters. The predicted octanol–water partition coefficient (Wildman–Crippen LogP) is 3.78. The van der Waals surface area contributed by atoms with Crippen LogP contribution in [0.1, 0.15) is 16.7 Å². The predicted molar refractivity (Wildman–Crippen MR) is 64.1 cm³/mol. The molecule has 1 aromatic carbocycles. The van der Waals surface area contributed by atoms with Gasteiger partial charge in [0.2, 0.25) is 0 Å². The molecule has 76 valence electrons. The van der Waals surface area contributed by atoms with Crippen molar-refractivity contribution in [3.8, 4) is 0 Å². The number of halogens is 1. The Morgan fingerprint density at radius 2 is 1.79 bits per heavy atom. The average molecular weight is 210 g/mol. The summed E-state index contributed by atoms with van der Waals surface area (Å²) < 4.78 is 0. The van der Waals surface area contributed by atoms with E-state index in [9.17, 15) is 0 Å². The Balaban J connectivity index is 2.85. The van der Waals surface area contributed by atoms with Gasteiger partial charge in [-0.15, -0.1) is 0 Å². The van der Waals surface area contributed by atoms with Crippen molar-refractivity contribution in [1.29, 1.82) is 0 Å². The molecule has 1 N–H and O–H groups in total. The normalized spacial score (nSPS) is 10.9. The number of hydrogen-bond donors (Lipinski definition) is 1. The molecule has 0 aliphatic rings. The minimum absolute atomic E-state index is 0.772. The first-order chi connectivity index (χ1) is 6.65. The van der Waals surface area contributed by atoms with Gasteiger partial charge in [0.25, 0.3) is 0 Å². The van der Waals surface area contributed by atoms with Crippen molar-refractivity contribution in [1.82, 2.24) is 0 Å². The van der Waals surface area contributed by atoms with E-state index in [0.29, 0.717) is 0 Å². The number of hydrogen-bond acceptors (Lipinski definition) is 1. The molecule has 0 aliphatic heterocycles. The molecular formula is C12H16ClN. The highest BCUT2D eigenvalue weighted by molar-refractivity contribution is 6.25. The molecule has 0 heterocycles. The summed E-state index contributed by atoms with van der Waals surface area (Å²) in [6.45, 7) is 7.12. The third kappa shape index (κ3) is 2.78. The number of aryl methyl sites for hydroxylation is 3. The molecule has 0 unspecified atom stereocenters. The zero-order chi connectivity index (χ0) is 10.6. The van der Waals surface area contributed by atoms with Gasteiger partial charge in [-0.3, -0.25) is 0 Å². The van der Waals surface area contributed by atoms with Crippen molar-refractivity contribution in [3.63, 3.8) is 0 Å². The van der Waals surface area contributed by atoms with Gasteiger partial charge < -0.3 is 5.32 Å². The molecule has 0 fully saturated rings. The van der Waals surface area contributed by atoms with Gasteiger partial charge in [0.1, 0.15) is 0 Å². The Morgan fingerprint density at radius 3 is 2.29 bits per heavy atom. The van der Waals surface area contributed by atoms with Crippen molar-refractivity contribution in [2.45, 2.75) is 20.8 Å². The van der Waals surface area contributed by atoms with E-state index in [4.69, 9.17) is 11.6 Å². The second-order valence-corrected chi connectivity index (χ2v) is 3.77. The number of anilines is 1. The zero-order valence-corrected chi connectivity index (χ0v) is 9.65. The van der Waals surface area contributed by atoms with Crippen LogP contribution in [0.25, 0.3) is 0 Å². The Labute approximate surface area is 90.8 Å². The van der Waals surface area contributed by atoms with Crippen molar-refractivity contribution in [3.05, 3.63) is 40.4 Å². The summed E-state index contributed by atoms with van der Waals surface area (Å²) in [6, 6.07) is 4.36. The van der Waals surface area contributed by atoms with Gasteiger partial charge in [-0.25, -0.2) is 0 Å². The Kier molecular flexibility index (Phi) is 4.02. The third-order valence-corrected chi connectivity index (χ3v) is 2.34. The van der Waals surface area contributed by atoms with E-state index in [0.717, 1.165) is 6.54 Å². The van der Waals surface area contributed by atoms with E-state index in [1.165, 1.54) is 27.9 Å². The molecule has 1 aromatic rings. The van der Waals surface area contributed by atoms with Gasteiger partial charge in [-0.05, 0) is 31.9 Å². The Hall–Kier alpha value is -0.950. The lowest BCUT2D eigenvalue weighted by Crippen LogP contribution is -2.02. The van der Waals surface area contributed by atoms with E-state index >= 15 is 0 Å². The molecule has 0 bridgehead atoms. The highest BCUT2D eigenvalue weighted by Gasteiger charge is 2.01. The fraction of sp³-hybridized carbons (Fsp3) is 0.333. The summed E-state index contributed by atoms with van der Waals surface area (Å²) in [7, 11) is 0. The first kappa shape index (κ1) is 11.1. The first-order valence-electron chi connectivity index (χ1n) is 4.72. The summed E-state index contributed by atoms with van der Waals surface area (Å²) in [5, 5.41) is 3.34. The van der Waals surface area contributed by atoms with Crippen LogP contribution in [0.4, 0.5) is 5.69 Å². The minimum atomic E-state index is 0.772. The van der Waals surface area contributed by atoms with Gasteiger partial charge in [0.15, 0.2) is 0 Å². The highest BCUT2D eigenvalue weighted by atomic mass is 35.5. The van der Waals surface area contributed by atoms with E-state index in [1.807, 2.05) is 6.08 Å². The zero-order valence-electron chi connectivity index (χ0n) is 8.89. The maximum Gasteiger partial charge on any atom is 0.0402 e. The number of rotatable bonds is 3. The van der Waals surface area contributed by atoms with Crippen LogP contribution in [0.5, 0.6) is 0 Å². The van der Waals surface area contributed by atoms with Crippen molar-refractivity contribution >= 4 is 17.3 Å². The van der Waals surface area contributed by atoms with Crippen LogP contribution in [0.15, 0.2) is 23.7 Å². The highest BCUT2D eigenvalue weighted by Crippen LogP contribution is 2.21. The van der Waals surface area contributed by atoms with Crippen LogP contribution >= 0.6 is 11.6 Å². The van der Waals surface area contributed by atoms with Crippen LogP contribution in [-0.4, -0.2) is 6.54 Å². The maximum atomic E-state index is 5.45. The molecule has 0 saturated carbocycles. The van der Waals surface area contributed by atoms with Gasteiger partial charge in [-0.2, -0.15) is 0 Å². The molecule has 14 heavy (non-hydrogen) atoms. The second-order valence-electron chi connectivity index (χ2n) is 3.52. The van der Waals surface area contributed by atoms with Gasteiger partial charge in [0, 0.05) is 17.8 Å². The minimum Gasteiger partial charge on any atom is -0.381 e. The molecule has 0 radical (unpaired) electrons. The number of benzene rings is 1. The fourth-order valence-electron chi connectivity index (χ4n) is 1.66. The van der Waals surface area contributed by atoms with Crippen LogP contribution < -0.4 is 5.32 Å². The molecular weight excluding hydrogens is 194 g/mol. The van der Waals surface area contributed by atoms with Crippen molar-refractivity contribution in [2.75, 3.05) is 11.9 Å². The summed E-state index contributed by atoms with van der Waals surface area (Å²) in [4.78, 5) is 0. The summed E-state index contributed by atoms with van der Waals surface area (Å²) >= 11 is 5.45. The van der Waals surface area contributed by atoms with Gasteiger partial charge in [0.05, 0.1) is 0 Å². The van der Waals surface area contributed by atoms with Crippen molar-refractivity contribution < 1.29 is 0 Å². The lowest BCUT2D eigenvalue weighted by Gasteiger charge is -2.12. The van der Waals surface area contributed by atoms with Gasteiger partial charge in [-0.1, -0.05) is 35.4 Å². The Morgan fingerprint density at radius 1 is 1.21 bits per heavy atom. The monoisotopic (exact) mass is 209 g/mol. The molecule has 0 aliphatic carbocycles. The van der Waals surface area contributed by atoms with Crippen LogP contribution in [-0.2, 0) is 0 Å². The second kappa shape index (κ2) is 5.06. The molecule has 0 aromatic heterocycles. The largest absolute Gasteiger partial charge is 0.381 e. The standard InChI is InChI=1S/C12H16ClN/c1-9-7-10(2)12(11(3)8-9)14-6-4-5-13/h4-5,7-8,14H,6H2,1-3H3/b5-4+. The van der Waals surface area contributed by atoms with E-state index < -0.39 is 0 Å². The summed E-state index contributed by atoms with van der Waals surface area (Å²) in [5.41, 5.74) is 6.62. The molecule has 0 amide bonds. The van der Waals surface area contributed by atoms with Crippen LogP contribution in [0.3, 0.4) is 0 Å². The molecule has 1 nitrogen and oxygen atoms in total. The lowest BCUT2D eigenvalue weighted by molar-refractivity contribution is 1.25. The quantitative estimate of drug-likeness (QED) is 0.799. The van der Waals surface area contributed by atoms with E-state index in [1.54, 1.807) is 0 Å². The summed E-state index contributed by atoms with van der Waals surface area (Å²) in [5.74, 6) is 0. The fourth-order valence-corrected chi connectivity index (χ4v) is 1.75. The van der Waals surface area contributed by atoms with Crippen LogP contribution in [0.2, 0.25) is 0 Å². The smallest absolute Gasteiger partial charge is 0.0402 e. The topological polar surface area (TPSA) is 12.0 Å². The molecule has 0 saturated heterocycles. The SMILES string of the molecule is Cc1cc(C)c(NC/C=C/Cl)c(C)c1. The van der Waals surface area contributed by atoms with E-state index in [-0.39, 0.29) is 0 Å². The lowest BCUT2D eigenvalue weighted by atomic mass is 10.1. The molecule has 0 spiro atoms. The molecule has 1 rings (SSSR count). The number of nitrogens with one attached hydrogen (secondary N) is 1.